The summed E-state index contributed by atoms with van der Waals surface area (Å²) < 4.78 is 5.50. The first-order valence-corrected chi connectivity index (χ1v) is 6.53. The van der Waals surface area contributed by atoms with Gasteiger partial charge in [0.25, 0.3) is 0 Å². The maximum atomic E-state index is 11.6. The van der Waals surface area contributed by atoms with Crippen molar-refractivity contribution in [2.24, 2.45) is 0 Å². The number of hydrogen-bond acceptors (Lipinski definition) is 3. The molecule has 2 amide bonds. The van der Waals surface area contributed by atoms with E-state index < -0.39 is 6.23 Å². The molecule has 0 aliphatic rings. The Labute approximate surface area is 117 Å². The second kappa shape index (κ2) is 7.86. The highest BCUT2D eigenvalue weighted by atomic mass is 35.5. The number of carbonyl (C=O) groups excluding carboxylic acids is 1. The van der Waals surface area contributed by atoms with Crippen LogP contribution in [0, 0.1) is 0 Å². The zero-order valence-electron chi connectivity index (χ0n) is 11.0. The zero-order valence-corrected chi connectivity index (χ0v) is 11.8. The van der Waals surface area contributed by atoms with Crippen LogP contribution in [-0.4, -0.2) is 30.0 Å². The Hall–Kier alpha value is -1.46. The summed E-state index contributed by atoms with van der Waals surface area (Å²) in [5.41, 5.74) is 0. The number of ether oxygens (including phenoxy) is 1. The summed E-state index contributed by atoms with van der Waals surface area (Å²) in [5, 5.41) is 14.9. The third-order valence-electron chi connectivity index (χ3n) is 2.51. The van der Waals surface area contributed by atoms with Crippen LogP contribution in [0.3, 0.4) is 0 Å². The van der Waals surface area contributed by atoms with Crippen molar-refractivity contribution in [2.45, 2.75) is 32.5 Å². The number of carbonyl (C=O) groups is 1. The van der Waals surface area contributed by atoms with E-state index in [1.54, 1.807) is 31.2 Å². The molecule has 1 aromatic carbocycles. The summed E-state index contributed by atoms with van der Waals surface area (Å²) in [5.74, 6) is 0.617. The van der Waals surface area contributed by atoms with E-state index in [0.29, 0.717) is 17.2 Å². The first-order valence-electron chi connectivity index (χ1n) is 6.15. The van der Waals surface area contributed by atoms with E-state index in [4.69, 9.17) is 21.4 Å². The average Bonchev–Trinajstić information content (AvgIpc) is 2.38. The minimum Gasteiger partial charge on any atom is -0.471 e. The molecular weight excluding hydrogens is 268 g/mol. The first kappa shape index (κ1) is 15.6. The van der Waals surface area contributed by atoms with Gasteiger partial charge >= 0.3 is 6.03 Å². The molecule has 0 heterocycles. The van der Waals surface area contributed by atoms with Crippen molar-refractivity contribution in [1.82, 2.24) is 10.6 Å². The fraction of sp³-hybridized carbons (Fsp3) is 0.462. The molecule has 106 valence electrons. The summed E-state index contributed by atoms with van der Waals surface area (Å²) in [7, 11) is 0. The van der Waals surface area contributed by atoms with Gasteiger partial charge in [0, 0.05) is 5.02 Å². The molecule has 0 bridgehead atoms. The van der Waals surface area contributed by atoms with Crippen LogP contribution in [0.4, 0.5) is 4.79 Å². The second-order valence-electron chi connectivity index (χ2n) is 4.12. The van der Waals surface area contributed by atoms with Gasteiger partial charge in [-0.15, -0.1) is 0 Å². The Bertz CT molecular complexity index is 393. The fourth-order valence-corrected chi connectivity index (χ4v) is 1.56. The van der Waals surface area contributed by atoms with Gasteiger partial charge < -0.3 is 20.5 Å². The Morgan fingerprint density at radius 3 is 2.53 bits per heavy atom. The van der Waals surface area contributed by atoms with Crippen molar-refractivity contribution in [3.8, 4) is 5.75 Å². The minimum absolute atomic E-state index is 0.0870. The molecule has 3 N–H and O–H groups in total. The Morgan fingerprint density at radius 2 is 2.00 bits per heavy atom. The molecule has 0 radical (unpaired) electrons. The Balaban J connectivity index is 2.40. The van der Waals surface area contributed by atoms with Gasteiger partial charge in [-0.25, -0.2) is 4.79 Å². The van der Waals surface area contributed by atoms with E-state index in [1.807, 2.05) is 6.92 Å². The van der Waals surface area contributed by atoms with Crippen molar-refractivity contribution >= 4 is 17.6 Å². The van der Waals surface area contributed by atoms with Gasteiger partial charge in [-0.1, -0.05) is 18.5 Å². The summed E-state index contributed by atoms with van der Waals surface area (Å²) in [4.78, 5) is 11.6. The van der Waals surface area contributed by atoms with Crippen LogP contribution in [0.5, 0.6) is 5.75 Å². The molecule has 0 aliphatic heterocycles. The van der Waals surface area contributed by atoms with Crippen molar-refractivity contribution < 1.29 is 14.6 Å². The molecule has 1 aromatic rings. The predicted molar refractivity (Wildman–Crippen MR) is 74.4 cm³/mol. The average molecular weight is 287 g/mol. The monoisotopic (exact) mass is 286 g/mol. The summed E-state index contributed by atoms with van der Waals surface area (Å²) >= 11 is 5.76. The summed E-state index contributed by atoms with van der Waals surface area (Å²) in [6.07, 6.45) is 0.174. The SMILES string of the molecule is CCC(CO)NC(=O)NC(C)Oc1ccc(Cl)cc1. The molecule has 5 nitrogen and oxygen atoms in total. The van der Waals surface area contributed by atoms with E-state index in [2.05, 4.69) is 10.6 Å². The lowest BCUT2D eigenvalue weighted by Gasteiger charge is -2.19. The highest BCUT2D eigenvalue weighted by Gasteiger charge is 2.12. The number of halogens is 1. The van der Waals surface area contributed by atoms with E-state index in [9.17, 15) is 4.79 Å². The molecule has 0 spiro atoms. The molecule has 0 fully saturated rings. The molecule has 0 aromatic heterocycles. The van der Waals surface area contributed by atoms with Crippen LogP contribution in [0.2, 0.25) is 5.02 Å². The van der Waals surface area contributed by atoms with Crippen LogP contribution < -0.4 is 15.4 Å². The van der Waals surface area contributed by atoms with Gasteiger partial charge in [0.05, 0.1) is 12.6 Å². The van der Waals surface area contributed by atoms with Gasteiger partial charge in [0.15, 0.2) is 6.23 Å². The number of rotatable bonds is 6. The van der Waals surface area contributed by atoms with Gasteiger partial charge in [0.2, 0.25) is 0 Å². The molecule has 0 saturated heterocycles. The van der Waals surface area contributed by atoms with Crippen molar-refractivity contribution in [3.05, 3.63) is 29.3 Å². The second-order valence-corrected chi connectivity index (χ2v) is 4.56. The molecule has 2 atom stereocenters. The maximum absolute atomic E-state index is 11.6. The molecule has 0 saturated carbocycles. The number of aliphatic hydroxyl groups is 1. The normalized spacial score (nSPS) is 13.5. The van der Waals surface area contributed by atoms with E-state index in [-0.39, 0.29) is 18.7 Å². The Kier molecular flexibility index (Phi) is 6.45. The number of aliphatic hydroxyl groups excluding tert-OH is 1. The van der Waals surface area contributed by atoms with E-state index in [1.165, 1.54) is 0 Å². The minimum atomic E-state index is -0.489. The topological polar surface area (TPSA) is 70.6 Å². The zero-order chi connectivity index (χ0) is 14.3. The van der Waals surface area contributed by atoms with Crippen molar-refractivity contribution in [3.63, 3.8) is 0 Å². The number of benzene rings is 1. The van der Waals surface area contributed by atoms with E-state index in [0.717, 1.165) is 0 Å². The molecule has 0 aliphatic carbocycles. The highest BCUT2D eigenvalue weighted by molar-refractivity contribution is 6.30. The number of amides is 2. The van der Waals surface area contributed by atoms with Gasteiger partial charge in [0.1, 0.15) is 5.75 Å². The largest absolute Gasteiger partial charge is 0.471 e. The van der Waals surface area contributed by atoms with Crippen LogP contribution in [0.25, 0.3) is 0 Å². The number of nitrogens with one attached hydrogen (secondary N) is 2. The molecule has 6 heteroatoms. The first-order chi connectivity index (χ1) is 9.05. The number of urea groups is 1. The van der Waals surface area contributed by atoms with Gasteiger partial charge in [-0.2, -0.15) is 0 Å². The van der Waals surface area contributed by atoms with Crippen LogP contribution in [0.15, 0.2) is 24.3 Å². The van der Waals surface area contributed by atoms with Crippen LogP contribution >= 0.6 is 11.6 Å². The molecular formula is C13H19ClN2O3. The maximum Gasteiger partial charge on any atom is 0.317 e. The van der Waals surface area contributed by atoms with Crippen molar-refractivity contribution in [1.29, 1.82) is 0 Å². The third-order valence-corrected chi connectivity index (χ3v) is 2.76. The van der Waals surface area contributed by atoms with Crippen LogP contribution in [0.1, 0.15) is 20.3 Å². The quantitative estimate of drug-likeness (QED) is 0.702. The lowest BCUT2D eigenvalue weighted by atomic mass is 10.2. The third kappa shape index (κ3) is 5.81. The Morgan fingerprint density at radius 1 is 1.37 bits per heavy atom. The molecule has 1 rings (SSSR count). The smallest absolute Gasteiger partial charge is 0.317 e. The molecule has 19 heavy (non-hydrogen) atoms. The fourth-order valence-electron chi connectivity index (χ4n) is 1.44. The lowest BCUT2D eigenvalue weighted by Crippen LogP contribution is -2.48. The lowest BCUT2D eigenvalue weighted by molar-refractivity contribution is 0.170. The summed E-state index contributed by atoms with van der Waals surface area (Å²) in [6.45, 7) is 3.51. The summed E-state index contributed by atoms with van der Waals surface area (Å²) in [6, 6.07) is 6.25. The van der Waals surface area contributed by atoms with E-state index >= 15 is 0 Å². The predicted octanol–water partition coefficient (Wildman–Crippen LogP) is 2.13. The van der Waals surface area contributed by atoms with Gasteiger partial charge in [-0.3, -0.25) is 0 Å². The standard InChI is InChI=1S/C13H19ClN2O3/c1-3-11(8-17)16-13(18)15-9(2)19-12-6-4-10(14)5-7-12/h4-7,9,11,17H,3,8H2,1-2H3,(H2,15,16,18). The number of hydrogen-bond donors (Lipinski definition) is 3. The molecule has 2 unspecified atom stereocenters. The van der Waals surface area contributed by atoms with Crippen LogP contribution in [-0.2, 0) is 0 Å². The van der Waals surface area contributed by atoms with Crippen molar-refractivity contribution in [2.75, 3.05) is 6.61 Å². The van der Waals surface area contributed by atoms with Gasteiger partial charge in [-0.05, 0) is 37.6 Å². The highest BCUT2D eigenvalue weighted by Crippen LogP contribution is 2.16.